The van der Waals surface area contributed by atoms with Gasteiger partial charge in [-0.05, 0) is 6.54 Å². The van der Waals surface area contributed by atoms with Crippen LogP contribution in [-0.2, 0) is 13.5 Å². The Morgan fingerprint density at radius 3 is 3.07 bits per heavy atom. The number of hydrogen-bond acceptors (Lipinski definition) is 5. The number of rotatable bonds is 3. The first-order valence-electron chi connectivity index (χ1n) is 4.31. The first-order valence-corrected chi connectivity index (χ1v) is 4.31. The summed E-state index contributed by atoms with van der Waals surface area (Å²) in [5, 5.41) is 7.80. The van der Waals surface area contributed by atoms with Crippen molar-refractivity contribution in [2.24, 2.45) is 12.8 Å². The van der Waals surface area contributed by atoms with Gasteiger partial charge in [-0.2, -0.15) is 10.1 Å². The highest BCUT2D eigenvalue weighted by atomic mass is 16.5. The number of nitrogens with two attached hydrogens (primary N) is 1. The number of aromatic nitrogens is 4. The molecule has 0 aliphatic heterocycles. The number of aryl methyl sites for hydroxylation is 1. The second-order valence-corrected chi connectivity index (χ2v) is 2.96. The van der Waals surface area contributed by atoms with Crippen molar-refractivity contribution in [3.8, 4) is 11.5 Å². The van der Waals surface area contributed by atoms with E-state index in [2.05, 4.69) is 15.2 Å². The predicted octanol–water partition coefficient (Wildman–Crippen LogP) is -0.0287. The van der Waals surface area contributed by atoms with Gasteiger partial charge in [0.15, 0.2) is 5.82 Å². The Balaban J connectivity index is 2.24. The van der Waals surface area contributed by atoms with Crippen LogP contribution in [0.15, 0.2) is 16.9 Å². The number of nitrogens with zero attached hydrogens (tertiary/aromatic N) is 4. The second kappa shape index (κ2) is 3.59. The molecule has 0 saturated heterocycles. The smallest absolute Gasteiger partial charge is 0.261 e. The van der Waals surface area contributed by atoms with Crippen LogP contribution in [0.4, 0.5) is 0 Å². The van der Waals surface area contributed by atoms with Crippen LogP contribution in [0.5, 0.6) is 0 Å². The lowest BCUT2D eigenvalue weighted by atomic mass is 10.3. The van der Waals surface area contributed by atoms with E-state index in [1.54, 1.807) is 10.9 Å². The van der Waals surface area contributed by atoms with Crippen molar-refractivity contribution in [1.82, 2.24) is 19.9 Å². The zero-order chi connectivity index (χ0) is 9.97. The zero-order valence-electron chi connectivity index (χ0n) is 7.84. The van der Waals surface area contributed by atoms with E-state index in [9.17, 15) is 0 Å². The van der Waals surface area contributed by atoms with Crippen LogP contribution < -0.4 is 5.73 Å². The SMILES string of the molecule is Cn1cc(-c2nc(CCN)no2)cn1. The molecule has 2 aromatic heterocycles. The van der Waals surface area contributed by atoms with Gasteiger partial charge in [0, 0.05) is 19.7 Å². The fourth-order valence-electron chi connectivity index (χ4n) is 1.13. The van der Waals surface area contributed by atoms with Crippen molar-refractivity contribution in [1.29, 1.82) is 0 Å². The van der Waals surface area contributed by atoms with E-state index in [-0.39, 0.29) is 0 Å². The van der Waals surface area contributed by atoms with Crippen LogP contribution in [0.2, 0.25) is 0 Å². The van der Waals surface area contributed by atoms with Gasteiger partial charge in [0.05, 0.1) is 11.8 Å². The zero-order valence-corrected chi connectivity index (χ0v) is 7.84. The summed E-state index contributed by atoms with van der Waals surface area (Å²) in [5.41, 5.74) is 6.20. The summed E-state index contributed by atoms with van der Waals surface area (Å²) in [5.74, 6) is 1.12. The Kier molecular flexibility index (Phi) is 2.28. The normalized spacial score (nSPS) is 10.7. The molecule has 0 atom stereocenters. The molecule has 0 unspecified atom stereocenters. The monoisotopic (exact) mass is 193 g/mol. The summed E-state index contributed by atoms with van der Waals surface area (Å²) in [6.45, 7) is 0.520. The summed E-state index contributed by atoms with van der Waals surface area (Å²) >= 11 is 0. The minimum absolute atomic E-state index is 0.488. The van der Waals surface area contributed by atoms with Crippen LogP contribution in [-0.4, -0.2) is 26.5 Å². The second-order valence-electron chi connectivity index (χ2n) is 2.96. The molecular formula is C8H11N5O. The molecule has 0 saturated carbocycles. The van der Waals surface area contributed by atoms with E-state index in [0.29, 0.717) is 24.7 Å². The van der Waals surface area contributed by atoms with Gasteiger partial charge in [0.2, 0.25) is 0 Å². The highest BCUT2D eigenvalue weighted by molar-refractivity contribution is 5.49. The molecule has 0 aliphatic carbocycles. The Morgan fingerprint density at radius 1 is 1.57 bits per heavy atom. The topological polar surface area (TPSA) is 82.8 Å². The van der Waals surface area contributed by atoms with Crippen molar-refractivity contribution in [3.05, 3.63) is 18.2 Å². The van der Waals surface area contributed by atoms with Gasteiger partial charge in [-0.3, -0.25) is 4.68 Å². The molecule has 2 N–H and O–H groups in total. The lowest BCUT2D eigenvalue weighted by Crippen LogP contribution is -2.03. The average Bonchev–Trinajstić information content (AvgIpc) is 2.74. The average molecular weight is 193 g/mol. The maximum Gasteiger partial charge on any atom is 0.261 e. The Morgan fingerprint density at radius 2 is 2.43 bits per heavy atom. The molecule has 0 aromatic carbocycles. The third-order valence-electron chi connectivity index (χ3n) is 1.79. The van der Waals surface area contributed by atoms with Crippen LogP contribution in [0.25, 0.3) is 11.5 Å². The summed E-state index contributed by atoms with van der Waals surface area (Å²) in [6.07, 6.45) is 4.13. The summed E-state index contributed by atoms with van der Waals surface area (Å²) in [7, 11) is 1.83. The van der Waals surface area contributed by atoms with Gasteiger partial charge in [-0.1, -0.05) is 5.16 Å². The molecule has 74 valence electrons. The maximum atomic E-state index is 5.37. The van der Waals surface area contributed by atoms with Gasteiger partial charge in [-0.25, -0.2) is 0 Å². The molecule has 0 fully saturated rings. The Hall–Kier alpha value is -1.69. The standard InChI is InChI=1S/C8H11N5O/c1-13-5-6(4-10-13)8-11-7(2-3-9)12-14-8/h4-5H,2-3,9H2,1H3. The van der Waals surface area contributed by atoms with Crippen LogP contribution in [0, 0.1) is 0 Å². The first-order chi connectivity index (χ1) is 6.79. The molecule has 2 aromatic rings. The van der Waals surface area contributed by atoms with Gasteiger partial charge in [0.25, 0.3) is 5.89 Å². The van der Waals surface area contributed by atoms with Gasteiger partial charge in [-0.15, -0.1) is 0 Å². The van der Waals surface area contributed by atoms with E-state index in [0.717, 1.165) is 5.56 Å². The highest BCUT2D eigenvalue weighted by Gasteiger charge is 2.09. The largest absolute Gasteiger partial charge is 0.334 e. The van der Waals surface area contributed by atoms with E-state index in [1.807, 2.05) is 13.2 Å². The molecule has 0 amide bonds. The quantitative estimate of drug-likeness (QED) is 0.740. The Bertz CT molecular complexity index is 419. The Labute approximate surface area is 80.7 Å². The van der Waals surface area contributed by atoms with Gasteiger partial charge < -0.3 is 10.3 Å². The van der Waals surface area contributed by atoms with Crippen molar-refractivity contribution >= 4 is 0 Å². The van der Waals surface area contributed by atoms with Crippen molar-refractivity contribution in [2.75, 3.05) is 6.54 Å². The van der Waals surface area contributed by atoms with E-state index < -0.39 is 0 Å². The fraction of sp³-hybridized carbons (Fsp3) is 0.375. The summed E-state index contributed by atoms with van der Waals surface area (Å²) in [6, 6.07) is 0. The van der Waals surface area contributed by atoms with Crippen molar-refractivity contribution < 1.29 is 4.52 Å². The third kappa shape index (κ3) is 1.64. The lowest BCUT2D eigenvalue weighted by Gasteiger charge is -1.84. The van der Waals surface area contributed by atoms with Crippen molar-refractivity contribution in [2.45, 2.75) is 6.42 Å². The summed E-state index contributed by atoms with van der Waals surface area (Å²) in [4.78, 5) is 4.17. The predicted molar refractivity (Wildman–Crippen MR) is 49.3 cm³/mol. The molecule has 0 aliphatic rings. The van der Waals surface area contributed by atoms with Crippen LogP contribution in [0.1, 0.15) is 5.82 Å². The van der Waals surface area contributed by atoms with Gasteiger partial charge in [0.1, 0.15) is 0 Å². The van der Waals surface area contributed by atoms with E-state index >= 15 is 0 Å². The molecule has 6 heteroatoms. The third-order valence-corrected chi connectivity index (χ3v) is 1.79. The van der Waals surface area contributed by atoms with Gasteiger partial charge >= 0.3 is 0 Å². The van der Waals surface area contributed by atoms with Crippen LogP contribution in [0.3, 0.4) is 0 Å². The van der Waals surface area contributed by atoms with Crippen molar-refractivity contribution in [3.63, 3.8) is 0 Å². The fourth-order valence-corrected chi connectivity index (χ4v) is 1.13. The highest BCUT2D eigenvalue weighted by Crippen LogP contribution is 2.15. The molecule has 0 bridgehead atoms. The molecule has 2 rings (SSSR count). The maximum absolute atomic E-state index is 5.37. The van der Waals surface area contributed by atoms with E-state index in [1.165, 1.54) is 0 Å². The molecular weight excluding hydrogens is 182 g/mol. The lowest BCUT2D eigenvalue weighted by molar-refractivity contribution is 0.422. The first kappa shape index (κ1) is 8.89. The molecule has 2 heterocycles. The number of hydrogen-bond donors (Lipinski definition) is 1. The van der Waals surface area contributed by atoms with E-state index in [4.69, 9.17) is 10.3 Å². The summed E-state index contributed by atoms with van der Waals surface area (Å²) < 4.78 is 6.73. The molecule has 6 nitrogen and oxygen atoms in total. The molecule has 14 heavy (non-hydrogen) atoms. The minimum Gasteiger partial charge on any atom is -0.334 e. The van der Waals surface area contributed by atoms with Crippen LogP contribution >= 0.6 is 0 Å². The molecule has 0 radical (unpaired) electrons. The minimum atomic E-state index is 0.488. The molecule has 0 spiro atoms.